The molecule has 1 saturated heterocycles. The number of halogens is 1. The lowest BCUT2D eigenvalue weighted by Gasteiger charge is -2.33. The van der Waals surface area contributed by atoms with Gasteiger partial charge in [-0.2, -0.15) is 0 Å². The number of benzene rings is 1. The van der Waals surface area contributed by atoms with Gasteiger partial charge in [0.05, 0.1) is 10.6 Å². The van der Waals surface area contributed by atoms with Crippen LogP contribution in [0.5, 0.6) is 0 Å². The predicted molar refractivity (Wildman–Crippen MR) is 72.6 cm³/mol. The zero-order valence-corrected chi connectivity index (χ0v) is 11.3. The number of nitrogens with two attached hydrogens (primary N) is 1. The van der Waals surface area contributed by atoms with E-state index >= 15 is 0 Å². The summed E-state index contributed by atoms with van der Waals surface area (Å²) in [6, 6.07) is 4.80. The van der Waals surface area contributed by atoms with Crippen molar-refractivity contribution in [3.8, 4) is 0 Å². The van der Waals surface area contributed by atoms with E-state index in [1.54, 1.807) is 24.0 Å². The van der Waals surface area contributed by atoms with Crippen LogP contribution < -0.4 is 10.6 Å². The Labute approximate surface area is 116 Å². The fourth-order valence-corrected chi connectivity index (χ4v) is 2.74. The van der Waals surface area contributed by atoms with Crippen molar-refractivity contribution >= 4 is 29.2 Å². The molecular weight excluding hydrogens is 268 g/mol. The molecule has 1 atom stereocenters. The van der Waals surface area contributed by atoms with Crippen molar-refractivity contribution in [3.05, 3.63) is 28.8 Å². The summed E-state index contributed by atoms with van der Waals surface area (Å²) < 4.78 is 0. The molecule has 1 heterocycles. The SMILES string of the molecule is CC1(C(=O)O)CCCN1c1ccc(C(N)=O)c(Cl)c1. The maximum atomic E-state index is 11.4. The van der Waals surface area contributed by atoms with Crippen LogP contribution in [0.1, 0.15) is 30.1 Å². The number of aliphatic carboxylic acids is 1. The van der Waals surface area contributed by atoms with Crippen LogP contribution in [-0.2, 0) is 4.79 Å². The number of hydrogen-bond acceptors (Lipinski definition) is 3. The lowest BCUT2D eigenvalue weighted by Crippen LogP contribution is -2.48. The van der Waals surface area contributed by atoms with E-state index in [9.17, 15) is 14.7 Å². The topological polar surface area (TPSA) is 83.6 Å². The van der Waals surface area contributed by atoms with Crippen molar-refractivity contribution < 1.29 is 14.7 Å². The highest BCUT2D eigenvalue weighted by molar-refractivity contribution is 6.34. The highest BCUT2D eigenvalue weighted by Gasteiger charge is 2.43. The molecule has 1 fully saturated rings. The molecule has 0 radical (unpaired) electrons. The fourth-order valence-electron chi connectivity index (χ4n) is 2.47. The van der Waals surface area contributed by atoms with Crippen molar-refractivity contribution in [2.24, 2.45) is 5.73 Å². The standard InChI is InChI=1S/C13H15ClN2O3/c1-13(12(18)19)5-2-6-16(13)8-3-4-9(11(15)17)10(14)7-8/h3-4,7H,2,5-6H2,1H3,(H2,15,17)(H,18,19). The van der Waals surface area contributed by atoms with E-state index in [0.717, 1.165) is 6.42 Å². The van der Waals surface area contributed by atoms with Crippen LogP contribution in [0.15, 0.2) is 18.2 Å². The molecule has 0 bridgehead atoms. The molecule has 1 aliphatic heterocycles. The number of nitrogens with zero attached hydrogens (tertiary/aromatic N) is 1. The summed E-state index contributed by atoms with van der Waals surface area (Å²) in [6.07, 6.45) is 1.38. The molecule has 1 amide bonds. The monoisotopic (exact) mass is 282 g/mol. The minimum absolute atomic E-state index is 0.238. The number of rotatable bonds is 3. The van der Waals surface area contributed by atoms with Gasteiger partial charge in [-0.3, -0.25) is 4.79 Å². The minimum atomic E-state index is -0.933. The van der Waals surface area contributed by atoms with Gasteiger partial charge in [0.25, 0.3) is 0 Å². The average molecular weight is 283 g/mol. The summed E-state index contributed by atoms with van der Waals surface area (Å²) in [6.45, 7) is 2.34. The lowest BCUT2D eigenvalue weighted by molar-refractivity contribution is -0.142. The van der Waals surface area contributed by atoms with Crippen molar-refractivity contribution in [2.75, 3.05) is 11.4 Å². The van der Waals surface area contributed by atoms with Crippen molar-refractivity contribution in [2.45, 2.75) is 25.3 Å². The summed E-state index contributed by atoms with van der Waals surface area (Å²) >= 11 is 6.00. The van der Waals surface area contributed by atoms with Crippen LogP contribution in [0.2, 0.25) is 5.02 Å². The first-order valence-electron chi connectivity index (χ1n) is 5.96. The van der Waals surface area contributed by atoms with Gasteiger partial charge >= 0.3 is 5.97 Å². The van der Waals surface area contributed by atoms with E-state index in [1.807, 2.05) is 0 Å². The molecule has 2 rings (SSSR count). The smallest absolute Gasteiger partial charge is 0.329 e. The van der Waals surface area contributed by atoms with Gasteiger partial charge in [0, 0.05) is 12.2 Å². The Hall–Kier alpha value is -1.75. The van der Waals surface area contributed by atoms with Gasteiger partial charge in [0.1, 0.15) is 5.54 Å². The zero-order valence-electron chi connectivity index (χ0n) is 10.5. The second-order valence-corrected chi connectivity index (χ2v) is 5.27. The number of hydrogen-bond donors (Lipinski definition) is 2. The number of carboxylic acid groups (broad SMARTS) is 1. The third kappa shape index (κ3) is 2.26. The number of anilines is 1. The second-order valence-electron chi connectivity index (χ2n) is 4.86. The quantitative estimate of drug-likeness (QED) is 0.887. The van der Waals surface area contributed by atoms with Crippen molar-refractivity contribution in [1.29, 1.82) is 0 Å². The summed E-state index contributed by atoms with van der Waals surface area (Å²) in [7, 11) is 0. The normalized spacial score (nSPS) is 22.5. The largest absolute Gasteiger partial charge is 0.480 e. The Morgan fingerprint density at radius 3 is 2.68 bits per heavy atom. The number of amides is 1. The molecule has 0 saturated carbocycles. The Bertz CT molecular complexity index is 547. The molecule has 102 valence electrons. The Balaban J connectivity index is 2.40. The first kappa shape index (κ1) is 13.7. The third-order valence-electron chi connectivity index (χ3n) is 3.63. The van der Waals surface area contributed by atoms with E-state index < -0.39 is 17.4 Å². The molecule has 1 unspecified atom stereocenters. The van der Waals surface area contributed by atoms with Gasteiger partial charge in [-0.15, -0.1) is 0 Å². The summed E-state index contributed by atoms with van der Waals surface area (Å²) in [5.74, 6) is -1.46. The first-order valence-corrected chi connectivity index (χ1v) is 6.34. The van der Waals surface area contributed by atoms with E-state index in [2.05, 4.69) is 0 Å². The van der Waals surface area contributed by atoms with Gasteiger partial charge < -0.3 is 15.7 Å². The summed E-state index contributed by atoms with van der Waals surface area (Å²) in [4.78, 5) is 24.3. The highest BCUT2D eigenvalue weighted by atomic mass is 35.5. The molecule has 0 spiro atoms. The minimum Gasteiger partial charge on any atom is -0.480 e. The fraction of sp³-hybridized carbons (Fsp3) is 0.385. The molecule has 0 aromatic heterocycles. The van der Waals surface area contributed by atoms with Gasteiger partial charge in [0.2, 0.25) is 5.91 Å². The molecular formula is C13H15ClN2O3. The molecule has 1 aliphatic rings. The molecule has 1 aromatic rings. The van der Waals surface area contributed by atoms with E-state index in [1.165, 1.54) is 6.07 Å². The summed E-state index contributed by atoms with van der Waals surface area (Å²) in [5.41, 5.74) is 5.19. The van der Waals surface area contributed by atoms with Crippen molar-refractivity contribution in [3.63, 3.8) is 0 Å². The van der Waals surface area contributed by atoms with E-state index in [0.29, 0.717) is 18.7 Å². The molecule has 0 aliphatic carbocycles. The second kappa shape index (κ2) is 4.74. The van der Waals surface area contributed by atoms with Gasteiger partial charge in [-0.25, -0.2) is 4.79 Å². The molecule has 3 N–H and O–H groups in total. The van der Waals surface area contributed by atoms with Crippen LogP contribution in [0.4, 0.5) is 5.69 Å². The van der Waals surface area contributed by atoms with E-state index in [-0.39, 0.29) is 10.6 Å². The first-order chi connectivity index (χ1) is 8.86. The van der Waals surface area contributed by atoms with Crippen molar-refractivity contribution in [1.82, 2.24) is 0 Å². The number of carbonyl (C=O) groups is 2. The maximum absolute atomic E-state index is 11.4. The number of carboxylic acids is 1. The average Bonchev–Trinajstić information content (AvgIpc) is 2.72. The maximum Gasteiger partial charge on any atom is 0.329 e. The van der Waals surface area contributed by atoms with Crippen LogP contribution in [0, 0.1) is 0 Å². The number of primary amides is 1. The Kier molecular flexibility index (Phi) is 3.41. The lowest BCUT2D eigenvalue weighted by atomic mass is 9.98. The van der Waals surface area contributed by atoms with Gasteiger partial charge in [-0.1, -0.05) is 11.6 Å². The summed E-state index contributed by atoms with van der Waals surface area (Å²) in [5, 5.41) is 9.61. The highest BCUT2D eigenvalue weighted by Crippen LogP contribution is 2.35. The Morgan fingerprint density at radius 2 is 2.16 bits per heavy atom. The third-order valence-corrected chi connectivity index (χ3v) is 3.94. The van der Waals surface area contributed by atoms with Gasteiger partial charge in [0.15, 0.2) is 0 Å². The van der Waals surface area contributed by atoms with Crippen LogP contribution >= 0.6 is 11.6 Å². The molecule has 6 heteroatoms. The van der Waals surface area contributed by atoms with Crippen LogP contribution in [-0.4, -0.2) is 29.1 Å². The number of carbonyl (C=O) groups excluding carboxylic acids is 1. The molecule has 5 nitrogen and oxygen atoms in total. The molecule has 19 heavy (non-hydrogen) atoms. The van der Waals surface area contributed by atoms with Gasteiger partial charge in [-0.05, 0) is 38.0 Å². The molecule has 1 aromatic carbocycles. The van der Waals surface area contributed by atoms with Crippen LogP contribution in [0.3, 0.4) is 0 Å². The van der Waals surface area contributed by atoms with Crippen LogP contribution in [0.25, 0.3) is 0 Å². The predicted octanol–water partition coefficient (Wildman–Crippen LogP) is 1.88. The zero-order chi connectivity index (χ0) is 14.2. The Morgan fingerprint density at radius 1 is 1.47 bits per heavy atom. The van der Waals surface area contributed by atoms with E-state index in [4.69, 9.17) is 17.3 Å².